The molecule has 1 aliphatic carbocycles. The van der Waals surface area contributed by atoms with Gasteiger partial charge in [-0.1, -0.05) is 32.4 Å². The van der Waals surface area contributed by atoms with E-state index >= 15 is 0 Å². The molecule has 1 saturated carbocycles. The molecule has 4 nitrogen and oxygen atoms in total. The van der Waals surface area contributed by atoms with Crippen LogP contribution >= 0.6 is 0 Å². The lowest BCUT2D eigenvalue weighted by Crippen LogP contribution is -2.37. The van der Waals surface area contributed by atoms with E-state index in [0.717, 1.165) is 30.4 Å². The zero-order valence-electron chi connectivity index (χ0n) is 13.1. The van der Waals surface area contributed by atoms with Crippen LogP contribution in [0.15, 0.2) is 23.1 Å². The Labute approximate surface area is 128 Å². The SMILES string of the molecule is CCC1CCC(NS(=O)(=O)c2cc(CN)ccc2C)C1C. The second-order valence-corrected chi connectivity index (χ2v) is 7.82. The van der Waals surface area contributed by atoms with E-state index in [9.17, 15) is 8.42 Å². The number of nitrogens with two attached hydrogens (primary N) is 1. The van der Waals surface area contributed by atoms with E-state index in [-0.39, 0.29) is 6.04 Å². The van der Waals surface area contributed by atoms with E-state index < -0.39 is 10.0 Å². The van der Waals surface area contributed by atoms with E-state index in [2.05, 4.69) is 18.6 Å². The molecule has 118 valence electrons. The summed E-state index contributed by atoms with van der Waals surface area (Å²) >= 11 is 0. The molecule has 3 N–H and O–H groups in total. The van der Waals surface area contributed by atoms with Crippen molar-refractivity contribution in [1.29, 1.82) is 0 Å². The Morgan fingerprint density at radius 1 is 1.33 bits per heavy atom. The monoisotopic (exact) mass is 310 g/mol. The van der Waals surface area contributed by atoms with Gasteiger partial charge in [0.15, 0.2) is 0 Å². The smallest absolute Gasteiger partial charge is 0.241 e. The Kier molecular flexibility index (Phi) is 5.07. The van der Waals surface area contributed by atoms with Gasteiger partial charge in [0.2, 0.25) is 10.0 Å². The highest BCUT2D eigenvalue weighted by molar-refractivity contribution is 7.89. The molecule has 0 aromatic heterocycles. The Bertz CT molecular complexity index is 598. The molecule has 21 heavy (non-hydrogen) atoms. The third-order valence-electron chi connectivity index (χ3n) is 4.84. The van der Waals surface area contributed by atoms with Gasteiger partial charge in [-0.25, -0.2) is 13.1 Å². The van der Waals surface area contributed by atoms with Crippen molar-refractivity contribution >= 4 is 10.0 Å². The Balaban J connectivity index is 2.23. The maximum absolute atomic E-state index is 12.7. The lowest BCUT2D eigenvalue weighted by molar-refractivity contribution is 0.368. The summed E-state index contributed by atoms with van der Waals surface area (Å²) in [6, 6.07) is 5.43. The second-order valence-electron chi connectivity index (χ2n) is 6.14. The summed E-state index contributed by atoms with van der Waals surface area (Å²) in [7, 11) is -3.48. The summed E-state index contributed by atoms with van der Waals surface area (Å²) in [5.41, 5.74) is 7.22. The van der Waals surface area contributed by atoms with Crippen molar-refractivity contribution in [3.8, 4) is 0 Å². The number of aryl methyl sites for hydroxylation is 1. The van der Waals surface area contributed by atoms with Crippen molar-refractivity contribution in [3.05, 3.63) is 29.3 Å². The van der Waals surface area contributed by atoms with E-state index in [0.29, 0.717) is 23.3 Å². The van der Waals surface area contributed by atoms with Crippen LogP contribution in [-0.4, -0.2) is 14.5 Å². The summed E-state index contributed by atoms with van der Waals surface area (Å²) in [6.45, 7) is 6.49. The molecule has 3 unspecified atom stereocenters. The largest absolute Gasteiger partial charge is 0.326 e. The van der Waals surface area contributed by atoms with Gasteiger partial charge in [0, 0.05) is 12.6 Å². The quantitative estimate of drug-likeness (QED) is 0.878. The van der Waals surface area contributed by atoms with Crippen LogP contribution in [0.3, 0.4) is 0 Å². The van der Waals surface area contributed by atoms with Crippen LogP contribution in [0.2, 0.25) is 0 Å². The van der Waals surface area contributed by atoms with Gasteiger partial charge in [0.25, 0.3) is 0 Å². The second kappa shape index (κ2) is 6.46. The fourth-order valence-corrected chi connectivity index (χ4v) is 4.97. The molecular formula is C16H26N2O2S. The van der Waals surface area contributed by atoms with Crippen LogP contribution < -0.4 is 10.5 Å². The lowest BCUT2D eigenvalue weighted by atomic mass is 9.94. The van der Waals surface area contributed by atoms with Gasteiger partial charge in [-0.15, -0.1) is 0 Å². The van der Waals surface area contributed by atoms with Gasteiger partial charge in [0.05, 0.1) is 4.90 Å². The van der Waals surface area contributed by atoms with Crippen molar-refractivity contribution in [2.75, 3.05) is 0 Å². The predicted molar refractivity (Wildman–Crippen MR) is 85.4 cm³/mol. The fourth-order valence-electron chi connectivity index (χ4n) is 3.31. The van der Waals surface area contributed by atoms with Crippen molar-refractivity contribution in [2.24, 2.45) is 17.6 Å². The van der Waals surface area contributed by atoms with Gasteiger partial charge in [-0.2, -0.15) is 0 Å². The first-order valence-electron chi connectivity index (χ1n) is 7.71. The first kappa shape index (κ1) is 16.5. The van der Waals surface area contributed by atoms with Crippen molar-refractivity contribution < 1.29 is 8.42 Å². The summed E-state index contributed by atoms with van der Waals surface area (Å²) < 4.78 is 28.2. The van der Waals surface area contributed by atoms with E-state index in [1.807, 2.05) is 19.1 Å². The van der Waals surface area contributed by atoms with Crippen molar-refractivity contribution in [3.63, 3.8) is 0 Å². The number of benzene rings is 1. The van der Waals surface area contributed by atoms with Crippen LogP contribution in [0, 0.1) is 18.8 Å². The van der Waals surface area contributed by atoms with Gasteiger partial charge in [-0.3, -0.25) is 0 Å². The lowest BCUT2D eigenvalue weighted by Gasteiger charge is -2.21. The molecule has 0 amide bonds. The topological polar surface area (TPSA) is 72.2 Å². The van der Waals surface area contributed by atoms with Crippen LogP contribution in [0.5, 0.6) is 0 Å². The first-order valence-corrected chi connectivity index (χ1v) is 9.19. The normalized spacial score (nSPS) is 26.2. The van der Waals surface area contributed by atoms with E-state index in [1.165, 1.54) is 0 Å². The molecule has 0 radical (unpaired) electrons. The molecule has 5 heteroatoms. The molecule has 0 heterocycles. The average molecular weight is 310 g/mol. The Morgan fingerprint density at radius 3 is 2.62 bits per heavy atom. The summed E-state index contributed by atoms with van der Waals surface area (Å²) in [5, 5.41) is 0. The molecule has 2 rings (SSSR count). The molecule has 1 aromatic rings. The minimum Gasteiger partial charge on any atom is -0.326 e. The highest BCUT2D eigenvalue weighted by Gasteiger charge is 2.34. The average Bonchev–Trinajstić information content (AvgIpc) is 2.79. The minimum absolute atomic E-state index is 0.0425. The van der Waals surface area contributed by atoms with E-state index in [1.54, 1.807) is 6.07 Å². The van der Waals surface area contributed by atoms with Gasteiger partial charge >= 0.3 is 0 Å². The molecule has 1 aliphatic rings. The highest BCUT2D eigenvalue weighted by Crippen LogP contribution is 2.34. The Hall–Kier alpha value is -0.910. The molecule has 1 aromatic carbocycles. The summed E-state index contributed by atoms with van der Waals surface area (Å²) in [6.07, 6.45) is 3.14. The number of rotatable bonds is 5. The van der Waals surface area contributed by atoms with Crippen LogP contribution in [-0.2, 0) is 16.6 Å². The third kappa shape index (κ3) is 3.47. The zero-order chi connectivity index (χ0) is 15.6. The fraction of sp³-hybridized carbons (Fsp3) is 0.625. The maximum Gasteiger partial charge on any atom is 0.241 e. The van der Waals surface area contributed by atoms with Crippen LogP contribution in [0.25, 0.3) is 0 Å². The van der Waals surface area contributed by atoms with Crippen molar-refractivity contribution in [2.45, 2.75) is 57.5 Å². The number of hydrogen-bond acceptors (Lipinski definition) is 3. The first-order chi connectivity index (χ1) is 9.89. The standard InChI is InChI=1S/C16H26N2O2S/c1-4-14-7-8-15(12(14)3)18-21(19,20)16-9-13(10-17)6-5-11(16)2/h5-6,9,12,14-15,18H,4,7-8,10,17H2,1-3H3. The van der Waals surface area contributed by atoms with Gasteiger partial charge < -0.3 is 5.73 Å². The van der Waals surface area contributed by atoms with Gasteiger partial charge in [0.1, 0.15) is 0 Å². The van der Waals surface area contributed by atoms with Gasteiger partial charge in [-0.05, 0) is 48.8 Å². The third-order valence-corrected chi connectivity index (χ3v) is 6.47. The minimum atomic E-state index is -3.48. The van der Waals surface area contributed by atoms with Crippen molar-refractivity contribution in [1.82, 2.24) is 4.72 Å². The molecule has 3 atom stereocenters. The molecule has 0 bridgehead atoms. The molecular weight excluding hydrogens is 284 g/mol. The highest BCUT2D eigenvalue weighted by atomic mass is 32.2. The predicted octanol–water partition coefficient (Wildman–Crippen LogP) is 2.56. The zero-order valence-corrected chi connectivity index (χ0v) is 13.9. The number of hydrogen-bond donors (Lipinski definition) is 2. The molecule has 0 spiro atoms. The number of sulfonamides is 1. The number of nitrogens with one attached hydrogen (secondary N) is 1. The molecule has 1 fully saturated rings. The van der Waals surface area contributed by atoms with E-state index in [4.69, 9.17) is 5.73 Å². The summed E-state index contributed by atoms with van der Waals surface area (Å²) in [4.78, 5) is 0.359. The van der Waals surface area contributed by atoms with Crippen LogP contribution in [0.1, 0.15) is 44.2 Å². The molecule has 0 saturated heterocycles. The maximum atomic E-state index is 12.7. The summed E-state index contributed by atoms with van der Waals surface area (Å²) in [5.74, 6) is 1.01. The van der Waals surface area contributed by atoms with Crippen LogP contribution in [0.4, 0.5) is 0 Å². The molecule has 0 aliphatic heterocycles. The Morgan fingerprint density at radius 2 is 2.05 bits per heavy atom.